The molecule has 6 nitrogen and oxygen atoms in total. The van der Waals surface area contributed by atoms with Crippen LogP contribution in [0.3, 0.4) is 0 Å². The molecule has 0 aliphatic carbocycles. The molecule has 4 rings (SSSR count). The fourth-order valence-electron chi connectivity index (χ4n) is 3.35. The zero-order valence-corrected chi connectivity index (χ0v) is 17.6. The average molecular weight is 399 g/mol. The molecule has 152 valence electrons. The Morgan fingerprint density at radius 2 is 1.80 bits per heavy atom. The highest BCUT2D eigenvalue weighted by atomic mass is 16.2. The van der Waals surface area contributed by atoms with E-state index in [4.69, 9.17) is 0 Å². The molecular weight excluding hydrogens is 374 g/mol. The average Bonchev–Trinajstić information content (AvgIpc) is 3.30. The first-order valence-electron chi connectivity index (χ1n) is 9.91. The Bertz CT molecular complexity index is 1230. The summed E-state index contributed by atoms with van der Waals surface area (Å²) in [5.74, 6) is -0.310. The summed E-state index contributed by atoms with van der Waals surface area (Å²) in [6, 6.07) is 19.5. The standard InChI is InChI=1S/C24H25N5O/c1-16-19(18-12-8-9-13-20(18)26-16)15-25-27-23(30)21-14-22(24(2,3)4)28-29(21)17-10-6-5-7-11-17/h5-15,26H,1-4H3,(H,27,30)/b25-15+. The van der Waals surface area contributed by atoms with Gasteiger partial charge in [0.2, 0.25) is 0 Å². The first kappa shape index (κ1) is 19.6. The zero-order valence-electron chi connectivity index (χ0n) is 17.6. The summed E-state index contributed by atoms with van der Waals surface area (Å²) < 4.78 is 1.67. The van der Waals surface area contributed by atoms with Gasteiger partial charge in [0.15, 0.2) is 0 Å². The van der Waals surface area contributed by atoms with Crippen molar-refractivity contribution in [3.05, 3.63) is 83.3 Å². The maximum atomic E-state index is 13.0. The molecule has 1 amide bonds. The number of hydrogen-bond acceptors (Lipinski definition) is 3. The van der Waals surface area contributed by atoms with Crippen molar-refractivity contribution >= 4 is 23.0 Å². The number of fused-ring (bicyclic) bond motifs is 1. The summed E-state index contributed by atoms with van der Waals surface area (Å²) >= 11 is 0. The van der Waals surface area contributed by atoms with Crippen LogP contribution in [-0.2, 0) is 5.41 Å². The highest BCUT2D eigenvalue weighted by molar-refractivity contribution is 6.01. The Labute approximate surface area is 175 Å². The molecule has 30 heavy (non-hydrogen) atoms. The molecular formula is C24H25N5O. The lowest BCUT2D eigenvalue weighted by molar-refractivity contribution is 0.0947. The lowest BCUT2D eigenvalue weighted by Crippen LogP contribution is -2.21. The fraction of sp³-hybridized carbons (Fsp3) is 0.208. The van der Waals surface area contributed by atoms with Crippen molar-refractivity contribution in [1.29, 1.82) is 0 Å². The third kappa shape index (κ3) is 3.76. The Kier molecular flexibility index (Phi) is 4.99. The number of hydrazone groups is 1. The first-order chi connectivity index (χ1) is 14.3. The molecule has 0 saturated heterocycles. The highest BCUT2D eigenvalue weighted by Gasteiger charge is 2.23. The Morgan fingerprint density at radius 3 is 2.53 bits per heavy atom. The Morgan fingerprint density at radius 1 is 1.10 bits per heavy atom. The van der Waals surface area contributed by atoms with Crippen LogP contribution in [0.5, 0.6) is 0 Å². The van der Waals surface area contributed by atoms with Crippen LogP contribution in [0.25, 0.3) is 16.6 Å². The lowest BCUT2D eigenvalue weighted by Gasteiger charge is -2.14. The van der Waals surface area contributed by atoms with Crippen LogP contribution in [-0.4, -0.2) is 26.9 Å². The smallest absolute Gasteiger partial charge is 0.290 e. The molecule has 0 unspecified atom stereocenters. The largest absolute Gasteiger partial charge is 0.358 e. The molecule has 0 saturated carbocycles. The van der Waals surface area contributed by atoms with Gasteiger partial charge < -0.3 is 4.98 Å². The number of rotatable bonds is 4. The van der Waals surface area contributed by atoms with E-state index in [9.17, 15) is 4.79 Å². The van der Waals surface area contributed by atoms with Crippen LogP contribution >= 0.6 is 0 Å². The first-order valence-corrected chi connectivity index (χ1v) is 9.91. The third-order valence-corrected chi connectivity index (χ3v) is 5.01. The second kappa shape index (κ2) is 7.63. The number of H-pyrrole nitrogens is 1. The third-order valence-electron chi connectivity index (χ3n) is 5.01. The van der Waals surface area contributed by atoms with Crippen molar-refractivity contribution in [2.75, 3.05) is 0 Å². The van der Waals surface area contributed by atoms with Crippen LogP contribution < -0.4 is 5.43 Å². The van der Waals surface area contributed by atoms with Crippen LogP contribution in [0.2, 0.25) is 0 Å². The second-order valence-corrected chi connectivity index (χ2v) is 8.32. The van der Waals surface area contributed by atoms with E-state index < -0.39 is 0 Å². The van der Waals surface area contributed by atoms with Gasteiger partial charge in [0, 0.05) is 27.6 Å². The van der Waals surface area contributed by atoms with Gasteiger partial charge in [0.05, 0.1) is 17.6 Å². The van der Waals surface area contributed by atoms with Crippen LogP contribution in [0.1, 0.15) is 48.2 Å². The molecule has 6 heteroatoms. The molecule has 2 aromatic heterocycles. The van der Waals surface area contributed by atoms with E-state index in [2.05, 4.69) is 41.4 Å². The topological polar surface area (TPSA) is 75.1 Å². The van der Waals surface area contributed by atoms with Gasteiger partial charge in [-0.15, -0.1) is 0 Å². The summed E-state index contributed by atoms with van der Waals surface area (Å²) in [4.78, 5) is 16.3. The SMILES string of the molecule is Cc1[nH]c2ccccc2c1/C=N/NC(=O)c1cc(C(C)(C)C)nn1-c1ccccc1. The number of hydrogen-bond donors (Lipinski definition) is 2. The predicted molar refractivity (Wildman–Crippen MR) is 120 cm³/mol. The van der Waals surface area contributed by atoms with Crippen molar-refractivity contribution in [3.63, 3.8) is 0 Å². The van der Waals surface area contributed by atoms with Gasteiger partial charge in [-0.3, -0.25) is 4.79 Å². The summed E-state index contributed by atoms with van der Waals surface area (Å²) in [5.41, 5.74) is 7.59. The van der Waals surface area contributed by atoms with E-state index in [1.165, 1.54) is 0 Å². The van der Waals surface area contributed by atoms with E-state index >= 15 is 0 Å². The van der Waals surface area contributed by atoms with Gasteiger partial charge in [-0.1, -0.05) is 57.2 Å². The highest BCUT2D eigenvalue weighted by Crippen LogP contribution is 2.24. The number of benzene rings is 2. The summed E-state index contributed by atoms with van der Waals surface area (Å²) in [7, 11) is 0. The van der Waals surface area contributed by atoms with Crippen LogP contribution in [0, 0.1) is 6.92 Å². The summed E-state index contributed by atoms with van der Waals surface area (Å²) in [5, 5.41) is 9.97. The van der Waals surface area contributed by atoms with Gasteiger partial charge >= 0.3 is 0 Å². The second-order valence-electron chi connectivity index (χ2n) is 8.32. The van der Waals surface area contributed by atoms with Gasteiger partial charge in [-0.25, -0.2) is 10.1 Å². The summed E-state index contributed by atoms with van der Waals surface area (Å²) in [6.07, 6.45) is 1.68. The number of nitrogens with zero attached hydrogens (tertiary/aromatic N) is 3. The number of para-hydroxylation sites is 2. The fourth-order valence-corrected chi connectivity index (χ4v) is 3.35. The molecule has 0 spiro atoms. The summed E-state index contributed by atoms with van der Waals surface area (Å²) in [6.45, 7) is 8.21. The van der Waals surface area contributed by atoms with E-state index in [-0.39, 0.29) is 11.3 Å². The maximum absolute atomic E-state index is 13.0. The number of aromatic nitrogens is 3. The van der Waals surface area contributed by atoms with Crippen molar-refractivity contribution in [2.45, 2.75) is 33.1 Å². The van der Waals surface area contributed by atoms with Crippen molar-refractivity contribution < 1.29 is 4.79 Å². The monoisotopic (exact) mass is 399 g/mol. The number of aromatic amines is 1. The number of carbonyl (C=O) groups excluding carboxylic acids is 1. The van der Waals surface area contributed by atoms with Crippen molar-refractivity contribution in [3.8, 4) is 5.69 Å². The zero-order chi connectivity index (χ0) is 21.3. The minimum Gasteiger partial charge on any atom is -0.358 e. The number of aryl methyl sites for hydroxylation is 1. The van der Waals surface area contributed by atoms with E-state index in [0.717, 1.165) is 33.5 Å². The predicted octanol–water partition coefficient (Wildman–Crippen LogP) is 4.72. The normalized spacial score (nSPS) is 12.0. The number of carbonyl (C=O) groups is 1. The van der Waals surface area contributed by atoms with Crippen molar-refractivity contribution in [2.24, 2.45) is 5.10 Å². The number of nitrogens with one attached hydrogen (secondary N) is 2. The minimum atomic E-state index is -0.310. The van der Waals surface area contributed by atoms with E-state index in [1.54, 1.807) is 10.9 Å². The minimum absolute atomic E-state index is 0.181. The Balaban J connectivity index is 1.64. The van der Waals surface area contributed by atoms with E-state index in [0.29, 0.717) is 5.69 Å². The van der Waals surface area contributed by atoms with Crippen LogP contribution in [0.15, 0.2) is 65.8 Å². The molecule has 2 aromatic carbocycles. The Hall–Kier alpha value is -3.67. The maximum Gasteiger partial charge on any atom is 0.290 e. The van der Waals surface area contributed by atoms with Gasteiger partial charge in [-0.05, 0) is 31.2 Å². The molecule has 0 fully saturated rings. The molecule has 4 aromatic rings. The van der Waals surface area contributed by atoms with Gasteiger partial charge in [0.1, 0.15) is 5.69 Å². The molecule has 0 radical (unpaired) electrons. The molecule has 0 atom stereocenters. The lowest BCUT2D eigenvalue weighted by atomic mass is 9.92. The van der Waals surface area contributed by atoms with Gasteiger partial charge in [-0.2, -0.15) is 10.2 Å². The van der Waals surface area contributed by atoms with Gasteiger partial charge in [0.25, 0.3) is 5.91 Å². The molecule has 0 bridgehead atoms. The molecule has 2 heterocycles. The number of amides is 1. The molecule has 2 N–H and O–H groups in total. The quantitative estimate of drug-likeness (QED) is 0.385. The van der Waals surface area contributed by atoms with Crippen molar-refractivity contribution in [1.82, 2.24) is 20.2 Å². The van der Waals surface area contributed by atoms with E-state index in [1.807, 2.05) is 67.6 Å². The molecule has 0 aliphatic heterocycles. The molecule has 0 aliphatic rings. The van der Waals surface area contributed by atoms with Crippen LogP contribution in [0.4, 0.5) is 0 Å².